The summed E-state index contributed by atoms with van der Waals surface area (Å²) in [6.45, 7) is 4.57. The van der Waals surface area contributed by atoms with Crippen molar-refractivity contribution in [3.05, 3.63) is 29.3 Å². The fraction of sp³-hybridized carbons (Fsp3) is 0.529. The van der Waals surface area contributed by atoms with Gasteiger partial charge in [-0.25, -0.2) is 0 Å². The summed E-state index contributed by atoms with van der Waals surface area (Å²) >= 11 is 0. The molecule has 0 aliphatic carbocycles. The molecule has 0 N–H and O–H groups in total. The minimum Gasteiger partial charge on any atom is -0.483 e. The SMILES string of the molecule is Cc1ccc(OCC(=O)N2CCCC2C(=O)N(C)C)c(C)c1. The van der Waals surface area contributed by atoms with E-state index in [1.165, 1.54) is 0 Å². The van der Waals surface area contributed by atoms with E-state index >= 15 is 0 Å². The number of nitrogens with zero attached hydrogens (tertiary/aromatic N) is 2. The number of aryl methyl sites for hydroxylation is 2. The summed E-state index contributed by atoms with van der Waals surface area (Å²) in [6.07, 6.45) is 1.59. The van der Waals surface area contributed by atoms with Gasteiger partial charge in [-0.15, -0.1) is 0 Å². The van der Waals surface area contributed by atoms with E-state index in [0.29, 0.717) is 12.3 Å². The van der Waals surface area contributed by atoms with Crippen LogP contribution >= 0.6 is 0 Å². The minimum atomic E-state index is -0.342. The second-order valence-corrected chi connectivity index (χ2v) is 6.04. The Kier molecular flexibility index (Phi) is 5.06. The normalized spacial score (nSPS) is 17.5. The standard InChI is InChI=1S/C17H24N2O3/c1-12-7-8-15(13(2)10-12)22-11-16(20)19-9-5-6-14(19)17(21)18(3)4/h7-8,10,14H,5-6,9,11H2,1-4H3. The lowest BCUT2D eigenvalue weighted by Crippen LogP contribution is -2.47. The summed E-state index contributed by atoms with van der Waals surface area (Å²) in [5.74, 6) is 0.573. The number of amides is 2. The molecule has 1 atom stereocenters. The highest BCUT2D eigenvalue weighted by atomic mass is 16.5. The topological polar surface area (TPSA) is 49.9 Å². The number of benzene rings is 1. The van der Waals surface area contributed by atoms with Crippen LogP contribution in [0.5, 0.6) is 5.75 Å². The van der Waals surface area contributed by atoms with Crippen LogP contribution in [0.3, 0.4) is 0 Å². The number of hydrogen-bond donors (Lipinski definition) is 0. The Hall–Kier alpha value is -2.04. The largest absolute Gasteiger partial charge is 0.483 e. The first-order valence-corrected chi connectivity index (χ1v) is 7.61. The van der Waals surface area contributed by atoms with Gasteiger partial charge in [0.15, 0.2) is 6.61 Å². The third kappa shape index (κ3) is 3.59. The van der Waals surface area contributed by atoms with Gasteiger partial charge in [0.25, 0.3) is 5.91 Å². The maximum Gasteiger partial charge on any atom is 0.261 e. The molecular weight excluding hydrogens is 280 g/mol. The van der Waals surface area contributed by atoms with Gasteiger partial charge in [0.05, 0.1) is 0 Å². The average molecular weight is 304 g/mol. The van der Waals surface area contributed by atoms with Crippen molar-refractivity contribution in [1.29, 1.82) is 0 Å². The maximum absolute atomic E-state index is 12.4. The van der Waals surface area contributed by atoms with Crippen LogP contribution < -0.4 is 4.74 Å². The predicted octanol–water partition coefficient (Wildman–Crippen LogP) is 1.76. The molecule has 5 heteroatoms. The number of hydrogen-bond acceptors (Lipinski definition) is 3. The van der Waals surface area contributed by atoms with Crippen molar-refractivity contribution in [3.8, 4) is 5.75 Å². The Bertz CT molecular complexity index is 569. The van der Waals surface area contributed by atoms with Gasteiger partial charge >= 0.3 is 0 Å². The molecule has 0 bridgehead atoms. The van der Waals surface area contributed by atoms with Crippen LogP contribution in [0.4, 0.5) is 0 Å². The molecule has 2 amide bonds. The monoisotopic (exact) mass is 304 g/mol. The molecule has 1 fully saturated rings. The fourth-order valence-corrected chi connectivity index (χ4v) is 2.80. The first-order valence-electron chi connectivity index (χ1n) is 7.61. The summed E-state index contributed by atoms with van der Waals surface area (Å²) in [4.78, 5) is 27.7. The van der Waals surface area contributed by atoms with Gasteiger partial charge in [0.1, 0.15) is 11.8 Å². The zero-order valence-electron chi connectivity index (χ0n) is 13.8. The molecule has 1 heterocycles. The molecule has 1 aliphatic rings. The molecule has 0 radical (unpaired) electrons. The summed E-state index contributed by atoms with van der Waals surface area (Å²) in [7, 11) is 3.44. The van der Waals surface area contributed by atoms with Crippen molar-refractivity contribution in [2.75, 3.05) is 27.2 Å². The van der Waals surface area contributed by atoms with E-state index in [1.807, 2.05) is 32.0 Å². The Morgan fingerprint density at radius 2 is 2.05 bits per heavy atom. The van der Waals surface area contributed by atoms with E-state index in [-0.39, 0.29) is 24.5 Å². The molecule has 0 saturated carbocycles. The second kappa shape index (κ2) is 6.81. The number of ether oxygens (including phenoxy) is 1. The highest BCUT2D eigenvalue weighted by Crippen LogP contribution is 2.21. The van der Waals surface area contributed by atoms with Gasteiger partial charge < -0.3 is 14.5 Å². The number of rotatable bonds is 4. The van der Waals surface area contributed by atoms with Gasteiger partial charge in [0, 0.05) is 20.6 Å². The van der Waals surface area contributed by atoms with Crippen molar-refractivity contribution < 1.29 is 14.3 Å². The summed E-state index contributed by atoms with van der Waals surface area (Å²) in [5.41, 5.74) is 2.17. The van der Waals surface area contributed by atoms with E-state index < -0.39 is 0 Å². The van der Waals surface area contributed by atoms with Gasteiger partial charge in [-0.1, -0.05) is 17.7 Å². The zero-order valence-corrected chi connectivity index (χ0v) is 13.8. The first-order chi connectivity index (χ1) is 10.4. The van der Waals surface area contributed by atoms with Crippen LogP contribution in [0.2, 0.25) is 0 Å². The van der Waals surface area contributed by atoms with Crippen molar-refractivity contribution in [1.82, 2.24) is 9.80 Å². The lowest BCUT2D eigenvalue weighted by atomic mass is 10.1. The lowest BCUT2D eigenvalue weighted by molar-refractivity contribution is -0.143. The zero-order chi connectivity index (χ0) is 16.3. The van der Waals surface area contributed by atoms with Gasteiger partial charge in [0.2, 0.25) is 5.91 Å². The first kappa shape index (κ1) is 16.3. The van der Waals surface area contributed by atoms with Crippen LogP contribution in [-0.2, 0) is 9.59 Å². The van der Waals surface area contributed by atoms with Crippen molar-refractivity contribution in [3.63, 3.8) is 0 Å². The third-order valence-corrected chi connectivity index (χ3v) is 3.98. The Balaban J connectivity index is 1.98. The van der Waals surface area contributed by atoms with E-state index in [0.717, 1.165) is 24.0 Å². The van der Waals surface area contributed by atoms with Crippen LogP contribution in [0.25, 0.3) is 0 Å². The van der Waals surface area contributed by atoms with Crippen LogP contribution in [0, 0.1) is 13.8 Å². The number of likely N-dealkylation sites (tertiary alicyclic amines) is 1. The second-order valence-electron chi connectivity index (χ2n) is 6.04. The molecule has 1 aromatic carbocycles. The minimum absolute atomic E-state index is 0.0163. The molecule has 2 rings (SSSR count). The summed E-state index contributed by atoms with van der Waals surface area (Å²) < 4.78 is 5.64. The van der Waals surface area contributed by atoms with Gasteiger partial charge in [-0.3, -0.25) is 9.59 Å². The van der Waals surface area contributed by atoms with E-state index in [9.17, 15) is 9.59 Å². The van der Waals surface area contributed by atoms with Gasteiger partial charge in [-0.2, -0.15) is 0 Å². The molecular formula is C17H24N2O3. The number of carbonyl (C=O) groups excluding carboxylic acids is 2. The number of likely N-dealkylation sites (N-methyl/N-ethyl adjacent to an activating group) is 1. The Morgan fingerprint density at radius 1 is 1.32 bits per heavy atom. The van der Waals surface area contributed by atoms with Crippen LogP contribution in [-0.4, -0.2) is 54.9 Å². The van der Waals surface area contributed by atoms with Crippen molar-refractivity contribution in [2.24, 2.45) is 0 Å². The van der Waals surface area contributed by atoms with Crippen molar-refractivity contribution >= 4 is 11.8 Å². The fourth-order valence-electron chi connectivity index (χ4n) is 2.80. The molecule has 1 saturated heterocycles. The Morgan fingerprint density at radius 3 is 2.68 bits per heavy atom. The highest BCUT2D eigenvalue weighted by Gasteiger charge is 2.34. The predicted molar refractivity (Wildman–Crippen MR) is 84.8 cm³/mol. The van der Waals surface area contributed by atoms with E-state index in [2.05, 4.69) is 0 Å². The summed E-state index contributed by atoms with van der Waals surface area (Å²) in [6, 6.07) is 5.52. The molecule has 1 unspecified atom stereocenters. The lowest BCUT2D eigenvalue weighted by Gasteiger charge is -2.26. The molecule has 22 heavy (non-hydrogen) atoms. The molecule has 120 valence electrons. The van der Waals surface area contributed by atoms with E-state index in [4.69, 9.17) is 4.74 Å². The van der Waals surface area contributed by atoms with Crippen LogP contribution in [0.15, 0.2) is 18.2 Å². The molecule has 1 aliphatic heterocycles. The molecule has 1 aromatic rings. The quantitative estimate of drug-likeness (QED) is 0.851. The average Bonchev–Trinajstić information content (AvgIpc) is 2.94. The van der Waals surface area contributed by atoms with Crippen molar-refractivity contribution in [2.45, 2.75) is 32.7 Å². The molecule has 0 spiro atoms. The van der Waals surface area contributed by atoms with Gasteiger partial charge in [-0.05, 0) is 38.3 Å². The number of carbonyl (C=O) groups is 2. The molecule has 5 nitrogen and oxygen atoms in total. The smallest absolute Gasteiger partial charge is 0.261 e. The Labute approximate surface area is 131 Å². The molecule has 0 aromatic heterocycles. The maximum atomic E-state index is 12.4. The highest BCUT2D eigenvalue weighted by molar-refractivity contribution is 5.88. The van der Waals surface area contributed by atoms with E-state index in [1.54, 1.807) is 23.9 Å². The third-order valence-electron chi connectivity index (χ3n) is 3.98. The summed E-state index contributed by atoms with van der Waals surface area (Å²) in [5, 5.41) is 0. The van der Waals surface area contributed by atoms with Crippen LogP contribution in [0.1, 0.15) is 24.0 Å².